The Kier molecular flexibility index (Phi) is 3.79. The molecule has 1 saturated heterocycles. The van der Waals surface area contributed by atoms with Gasteiger partial charge in [-0.3, -0.25) is 4.90 Å². The van der Waals surface area contributed by atoms with Gasteiger partial charge in [0.05, 0.1) is 12.6 Å². The molecule has 1 amide bonds. The molecule has 21 heavy (non-hydrogen) atoms. The van der Waals surface area contributed by atoms with Crippen LogP contribution >= 0.6 is 0 Å². The molecule has 1 aliphatic heterocycles. The Morgan fingerprint density at radius 2 is 2.24 bits per heavy atom. The largest absolute Gasteiger partial charge is 0.448 e. The van der Waals surface area contributed by atoms with Crippen molar-refractivity contribution in [2.24, 2.45) is 0 Å². The van der Waals surface area contributed by atoms with E-state index in [0.29, 0.717) is 25.6 Å². The molecule has 0 aliphatic carbocycles. The van der Waals surface area contributed by atoms with Gasteiger partial charge in [0, 0.05) is 13.1 Å². The first-order valence-corrected chi connectivity index (χ1v) is 7.12. The van der Waals surface area contributed by atoms with Gasteiger partial charge in [-0.1, -0.05) is 12.1 Å². The summed E-state index contributed by atoms with van der Waals surface area (Å²) in [7, 11) is 2.00. The van der Waals surface area contributed by atoms with Gasteiger partial charge in [-0.15, -0.1) is 0 Å². The van der Waals surface area contributed by atoms with Crippen LogP contribution in [-0.4, -0.2) is 54.2 Å². The monoisotopic (exact) mass is 289 g/mol. The fourth-order valence-corrected chi connectivity index (χ4v) is 2.36. The number of aromatic nitrogens is 1. The number of rotatable bonds is 5. The van der Waals surface area contributed by atoms with Gasteiger partial charge >= 0.3 is 6.09 Å². The first-order valence-electron chi connectivity index (χ1n) is 7.12. The molecule has 1 atom stereocenters. The number of benzene rings is 1. The number of fused-ring (bicyclic) bond motifs is 1. The molecule has 0 radical (unpaired) electrons. The molecule has 2 heterocycles. The van der Waals surface area contributed by atoms with Crippen LogP contribution in [0, 0.1) is 0 Å². The van der Waals surface area contributed by atoms with Crippen molar-refractivity contribution in [1.82, 2.24) is 14.8 Å². The van der Waals surface area contributed by atoms with Crippen molar-refractivity contribution < 1.29 is 13.9 Å². The zero-order valence-electron chi connectivity index (χ0n) is 12.3. The lowest BCUT2D eigenvalue weighted by molar-refractivity contribution is 0.150. The average molecular weight is 289 g/mol. The van der Waals surface area contributed by atoms with E-state index < -0.39 is 0 Å². The summed E-state index contributed by atoms with van der Waals surface area (Å²) >= 11 is 0. The van der Waals surface area contributed by atoms with Crippen molar-refractivity contribution >= 4 is 17.2 Å². The Balaban J connectivity index is 1.63. The molecule has 6 heteroatoms. The Hall–Kier alpha value is -2.08. The number of ether oxygens (including phenoxy) is 1. The predicted molar refractivity (Wildman–Crippen MR) is 78.0 cm³/mol. The molecule has 1 unspecified atom stereocenters. The Labute approximate surface area is 123 Å². The van der Waals surface area contributed by atoms with Crippen molar-refractivity contribution in [3.05, 3.63) is 30.2 Å². The van der Waals surface area contributed by atoms with Crippen molar-refractivity contribution in [2.75, 3.05) is 33.3 Å². The van der Waals surface area contributed by atoms with Crippen LogP contribution < -0.4 is 0 Å². The zero-order chi connectivity index (χ0) is 14.8. The number of hydrogen-bond acceptors (Lipinski definition) is 5. The summed E-state index contributed by atoms with van der Waals surface area (Å²) in [6, 6.07) is 7.79. The zero-order valence-corrected chi connectivity index (χ0v) is 12.3. The summed E-state index contributed by atoms with van der Waals surface area (Å²) in [5, 5.41) is 0. The number of amides is 1. The normalized spacial score (nSPS) is 16.7. The third-order valence-corrected chi connectivity index (χ3v) is 3.90. The summed E-state index contributed by atoms with van der Waals surface area (Å²) in [4.78, 5) is 19.8. The van der Waals surface area contributed by atoms with Crippen LogP contribution in [0.2, 0.25) is 0 Å². The van der Waals surface area contributed by atoms with Crippen molar-refractivity contribution in [2.45, 2.75) is 13.0 Å². The number of para-hydroxylation sites is 2. The molecule has 112 valence electrons. The second kappa shape index (κ2) is 5.73. The highest BCUT2D eigenvalue weighted by Crippen LogP contribution is 2.23. The van der Waals surface area contributed by atoms with Gasteiger partial charge < -0.3 is 14.1 Å². The highest BCUT2D eigenvalue weighted by Gasteiger charge is 2.23. The van der Waals surface area contributed by atoms with Crippen LogP contribution in [0.1, 0.15) is 18.9 Å². The molecular formula is C15H19N3O3. The maximum atomic E-state index is 11.4. The van der Waals surface area contributed by atoms with Crippen molar-refractivity contribution in [3.63, 3.8) is 0 Å². The molecule has 0 saturated carbocycles. The molecule has 0 bridgehead atoms. The van der Waals surface area contributed by atoms with E-state index in [1.54, 1.807) is 4.90 Å². The minimum Gasteiger partial charge on any atom is -0.448 e. The van der Waals surface area contributed by atoms with Crippen LogP contribution in [-0.2, 0) is 4.74 Å². The number of nitrogens with zero attached hydrogens (tertiary/aromatic N) is 3. The molecule has 1 aromatic carbocycles. The molecule has 1 aromatic heterocycles. The van der Waals surface area contributed by atoms with Gasteiger partial charge in [-0.05, 0) is 26.1 Å². The molecule has 1 aliphatic rings. The van der Waals surface area contributed by atoms with Gasteiger partial charge in [0.15, 0.2) is 5.58 Å². The van der Waals surface area contributed by atoms with Gasteiger partial charge in [-0.25, -0.2) is 9.78 Å². The third kappa shape index (κ3) is 2.85. The summed E-state index contributed by atoms with van der Waals surface area (Å²) in [5.74, 6) is 0.697. The van der Waals surface area contributed by atoms with E-state index in [1.165, 1.54) is 0 Å². The topological polar surface area (TPSA) is 58.8 Å². The molecule has 6 nitrogen and oxygen atoms in total. The Morgan fingerprint density at radius 1 is 1.43 bits per heavy atom. The summed E-state index contributed by atoms with van der Waals surface area (Å²) in [5.41, 5.74) is 1.67. The Morgan fingerprint density at radius 3 is 2.95 bits per heavy atom. The van der Waals surface area contributed by atoms with Gasteiger partial charge in [0.25, 0.3) is 0 Å². The number of hydrogen-bond donors (Lipinski definition) is 0. The second-order valence-electron chi connectivity index (χ2n) is 5.28. The highest BCUT2D eigenvalue weighted by molar-refractivity contribution is 5.72. The molecule has 3 rings (SSSR count). The number of carbonyl (C=O) groups is 1. The highest BCUT2D eigenvalue weighted by atomic mass is 16.6. The third-order valence-electron chi connectivity index (χ3n) is 3.90. The minimum atomic E-state index is -0.224. The predicted octanol–water partition coefficient (Wildman–Crippen LogP) is 2.27. The first kappa shape index (κ1) is 13.9. The summed E-state index contributed by atoms with van der Waals surface area (Å²) < 4.78 is 10.7. The molecule has 0 N–H and O–H groups in total. The standard InChI is InChI=1S/C15H19N3O3/c1-11(14-16-12-5-3-4-6-13(12)21-14)17(2)7-8-18-9-10-20-15(18)19/h3-6,11H,7-10H2,1-2H3. The number of likely N-dealkylation sites (N-methyl/N-ethyl adjacent to an activating group) is 1. The van der Waals surface area contributed by atoms with E-state index in [-0.39, 0.29) is 12.1 Å². The Bertz CT molecular complexity index is 607. The smallest absolute Gasteiger partial charge is 0.409 e. The molecular weight excluding hydrogens is 270 g/mol. The summed E-state index contributed by atoms with van der Waals surface area (Å²) in [6.07, 6.45) is -0.224. The van der Waals surface area contributed by atoms with Crippen molar-refractivity contribution in [1.29, 1.82) is 0 Å². The fourth-order valence-electron chi connectivity index (χ4n) is 2.36. The van der Waals surface area contributed by atoms with E-state index in [9.17, 15) is 4.79 Å². The van der Waals surface area contributed by atoms with E-state index in [4.69, 9.17) is 9.15 Å². The lowest BCUT2D eigenvalue weighted by Crippen LogP contribution is -2.35. The quantitative estimate of drug-likeness (QED) is 0.845. The van der Waals surface area contributed by atoms with E-state index in [0.717, 1.165) is 17.6 Å². The van der Waals surface area contributed by atoms with Crippen molar-refractivity contribution in [3.8, 4) is 0 Å². The molecule has 2 aromatic rings. The second-order valence-corrected chi connectivity index (χ2v) is 5.28. The summed E-state index contributed by atoms with van der Waals surface area (Å²) in [6.45, 7) is 4.61. The number of carbonyl (C=O) groups excluding carboxylic acids is 1. The van der Waals surface area contributed by atoms with Gasteiger partial charge in [0.1, 0.15) is 12.1 Å². The maximum Gasteiger partial charge on any atom is 0.409 e. The van der Waals surface area contributed by atoms with Crippen LogP contribution in [0.15, 0.2) is 28.7 Å². The lowest BCUT2D eigenvalue weighted by atomic mass is 10.3. The van der Waals surface area contributed by atoms with E-state index in [1.807, 2.05) is 38.2 Å². The fraction of sp³-hybridized carbons (Fsp3) is 0.467. The van der Waals surface area contributed by atoms with Gasteiger partial charge in [0.2, 0.25) is 5.89 Å². The average Bonchev–Trinajstić information content (AvgIpc) is 3.09. The van der Waals surface area contributed by atoms with Crippen LogP contribution in [0.5, 0.6) is 0 Å². The lowest BCUT2D eigenvalue weighted by Gasteiger charge is -2.24. The first-order chi connectivity index (χ1) is 10.1. The maximum absolute atomic E-state index is 11.4. The number of oxazole rings is 1. The molecule has 1 fully saturated rings. The van der Waals surface area contributed by atoms with Crippen LogP contribution in [0.4, 0.5) is 4.79 Å². The van der Waals surface area contributed by atoms with E-state index in [2.05, 4.69) is 9.88 Å². The number of cyclic esters (lactones) is 1. The van der Waals surface area contributed by atoms with Gasteiger partial charge in [-0.2, -0.15) is 0 Å². The van der Waals surface area contributed by atoms with Crippen LogP contribution in [0.3, 0.4) is 0 Å². The molecule has 0 spiro atoms. The SMILES string of the molecule is CC(c1nc2ccccc2o1)N(C)CCN1CCOC1=O. The van der Waals surface area contributed by atoms with E-state index >= 15 is 0 Å². The minimum absolute atomic E-state index is 0.0519. The van der Waals surface area contributed by atoms with Crippen LogP contribution in [0.25, 0.3) is 11.1 Å².